The number of amides is 1. The van der Waals surface area contributed by atoms with Gasteiger partial charge in [-0.3, -0.25) is 4.79 Å². The molecule has 11 nitrogen and oxygen atoms in total. The fourth-order valence-corrected chi connectivity index (χ4v) is 4.77. The monoisotopic (exact) mass is 465 g/mol. The first-order valence-electron chi connectivity index (χ1n) is 10.5. The summed E-state index contributed by atoms with van der Waals surface area (Å²) in [6.07, 6.45) is 6.50. The first kappa shape index (κ1) is 21.1. The third-order valence-electron chi connectivity index (χ3n) is 5.58. The van der Waals surface area contributed by atoms with E-state index >= 15 is 0 Å². The minimum Gasteiger partial charge on any atom is -0.467 e. The normalized spacial score (nSPS) is 16.2. The van der Waals surface area contributed by atoms with Crippen molar-refractivity contribution in [3.8, 4) is 17.4 Å². The lowest BCUT2D eigenvalue weighted by Gasteiger charge is -2.34. The van der Waals surface area contributed by atoms with Crippen molar-refractivity contribution in [3.63, 3.8) is 0 Å². The highest BCUT2D eigenvalue weighted by molar-refractivity contribution is 7.13. The molecule has 5 heterocycles. The Hall–Kier alpha value is -3.80. The number of ether oxygens (including phenoxy) is 1. The average molecular weight is 466 g/mol. The number of nitrogen functional groups attached to an aromatic ring is 1. The number of nitrogens with zero attached hydrogens (tertiary/aromatic N) is 7. The van der Waals surface area contributed by atoms with Crippen LogP contribution >= 0.6 is 11.3 Å². The van der Waals surface area contributed by atoms with Crippen LogP contribution in [0.4, 0.5) is 11.5 Å². The molecule has 0 saturated carbocycles. The van der Waals surface area contributed by atoms with Crippen LogP contribution in [0.3, 0.4) is 0 Å². The molecule has 0 radical (unpaired) electrons. The number of thiazole rings is 1. The number of hydrogen-bond donors (Lipinski definition) is 2. The molecule has 33 heavy (non-hydrogen) atoms. The van der Waals surface area contributed by atoms with Crippen molar-refractivity contribution in [2.45, 2.75) is 25.8 Å². The maximum atomic E-state index is 12.7. The summed E-state index contributed by atoms with van der Waals surface area (Å²) in [5.41, 5.74) is 9.28. The van der Waals surface area contributed by atoms with E-state index in [1.165, 1.54) is 24.8 Å². The molecule has 0 spiro atoms. The van der Waals surface area contributed by atoms with Gasteiger partial charge in [0.05, 0.1) is 35.4 Å². The Bertz CT molecular complexity index is 1320. The van der Waals surface area contributed by atoms with Crippen LogP contribution in [0.1, 0.15) is 27.5 Å². The highest BCUT2D eigenvalue weighted by Gasteiger charge is 2.27. The van der Waals surface area contributed by atoms with Crippen LogP contribution in [0.15, 0.2) is 30.9 Å². The van der Waals surface area contributed by atoms with Crippen molar-refractivity contribution >= 4 is 34.3 Å². The molecule has 1 aliphatic rings. The van der Waals surface area contributed by atoms with Crippen molar-refractivity contribution < 1.29 is 9.53 Å². The lowest BCUT2D eigenvalue weighted by molar-refractivity contribution is 0.0937. The summed E-state index contributed by atoms with van der Waals surface area (Å²) in [6.45, 7) is 3.36. The summed E-state index contributed by atoms with van der Waals surface area (Å²) in [5.74, 6) is 0.282. The minimum atomic E-state index is -0.0918. The predicted octanol–water partition coefficient (Wildman–Crippen LogP) is 1.94. The Kier molecular flexibility index (Phi) is 5.50. The second-order valence-corrected chi connectivity index (χ2v) is 8.99. The highest BCUT2D eigenvalue weighted by atomic mass is 32.1. The van der Waals surface area contributed by atoms with Crippen molar-refractivity contribution in [2.75, 3.05) is 30.8 Å². The van der Waals surface area contributed by atoms with Crippen molar-refractivity contribution in [3.05, 3.63) is 40.7 Å². The Morgan fingerprint density at radius 3 is 3.00 bits per heavy atom. The van der Waals surface area contributed by atoms with Crippen LogP contribution in [-0.2, 0) is 0 Å². The van der Waals surface area contributed by atoms with Gasteiger partial charge < -0.3 is 20.7 Å². The molecular formula is C21H23N9O2S. The van der Waals surface area contributed by atoms with Crippen LogP contribution in [0.5, 0.6) is 6.01 Å². The van der Waals surface area contributed by atoms with Gasteiger partial charge in [-0.05, 0) is 31.9 Å². The van der Waals surface area contributed by atoms with Crippen LogP contribution in [0, 0.1) is 6.92 Å². The number of nitrogens with two attached hydrogens (primary N) is 1. The highest BCUT2D eigenvalue weighted by Crippen LogP contribution is 2.34. The Balaban J connectivity index is 1.47. The minimum absolute atomic E-state index is 0.00273. The van der Waals surface area contributed by atoms with E-state index in [2.05, 4.69) is 35.3 Å². The molecule has 1 saturated heterocycles. The fourth-order valence-electron chi connectivity index (χ4n) is 4.09. The molecule has 1 amide bonds. The Morgan fingerprint density at radius 1 is 1.33 bits per heavy atom. The standard InChI is InChI=1S/C21H23N9O2S/c1-12-24-9-17(33-12)20(31)27-13-4-3-7-29(10-13)16-8-15(14-5-6-23-21(28-14)32-2)30-18(16)19(22)25-11-26-30/h5-6,8-9,11,13H,3-4,7,10H2,1-2H3,(H,27,31)(H2,22,25,26). The molecule has 1 unspecified atom stereocenters. The predicted molar refractivity (Wildman–Crippen MR) is 125 cm³/mol. The molecule has 12 heteroatoms. The van der Waals surface area contributed by atoms with E-state index in [4.69, 9.17) is 10.5 Å². The maximum Gasteiger partial charge on any atom is 0.316 e. The van der Waals surface area contributed by atoms with Crippen molar-refractivity contribution in [1.29, 1.82) is 0 Å². The van der Waals surface area contributed by atoms with E-state index in [1.807, 2.05) is 13.0 Å². The molecule has 0 aliphatic carbocycles. The third kappa shape index (κ3) is 4.04. The largest absolute Gasteiger partial charge is 0.467 e. The van der Waals surface area contributed by atoms with Gasteiger partial charge >= 0.3 is 6.01 Å². The van der Waals surface area contributed by atoms with Gasteiger partial charge in [0.1, 0.15) is 16.7 Å². The zero-order valence-corrected chi connectivity index (χ0v) is 19.0. The number of carbonyl (C=O) groups is 1. The van der Waals surface area contributed by atoms with Gasteiger partial charge in [0.15, 0.2) is 5.82 Å². The summed E-state index contributed by atoms with van der Waals surface area (Å²) in [6, 6.07) is 4.06. The molecule has 1 fully saturated rings. The molecule has 0 bridgehead atoms. The summed E-state index contributed by atoms with van der Waals surface area (Å²) in [5, 5.41) is 8.44. The molecule has 4 aromatic rings. The molecule has 1 atom stereocenters. The van der Waals surface area contributed by atoms with E-state index in [-0.39, 0.29) is 18.0 Å². The summed E-state index contributed by atoms with van der Waals surface area (Å²) in [4.78, 5) is 32.4. The van der Waals surface area contributed by atoms with E-state index in [1.54, 1.807) is 23.0 Å². The van der Waals surface area contributed by atoms with E-state index in [9.17, 15) is 4.79 Å². The van der Waals surface area contributed by atoms with Crippen molar-refractivity contribution in [2.24, 2.45) is 0 Å². The molecule has 4 aromatic heterocycles. The topological polar surface area (TPSA) is 136 Å². The Morgan fingerprint density at radius 2 is 2.21 bits per heavy atom. The number of nitrogens with one attached hydrogen (secondary N) is 1. The average Bonchev–Trinajstić information content (AvgIpc) is 3.44. The van der Waals surface area contributed by atoms with Gasteiger partial charge in [0, 0.05) is 25.3 Å². The van der Waals surface area contributed by atoms with Crippen LogP contribution in [0.2, 0.25) is 0 Å². The Labute approximate surface area is 193 Å². The molecule has 1 aliphatic heterocycles. The van der Waals surface area contributed by atoms with Gasteiger partial charge in [-0.1, -0.05) is 0 Å². The quantitative estimate of drug-likeness (QED) is 0.453. The number of anilines is 2. The number of carbonyl (C=O) groups excluding carboxylic acids is 1. The van der Waals surface area contributed by atoms with Gasteiger partial charge in [-0.2, -0.15) is 10.1 Å². The first-order chi connectivity index (χ1) is 16.0. The number of piperidine rings is 1. The smallest absolute Gasteiger partial charge is 0.316 e. The zero-order valence-electron chi connectivity index (χ0n) is 18.2. The van der Waals surface area contributed by atoms with Gasteiger partial charge in [-0.15, -0.1) is 11.3 Å². The zero-order chi connectivity index (χ0) is 22.9. The molecule has 3 N–H and O–H groups in total. The molecule has 0 aromatic carbocycles. The summed E-state index contributed by atoms with van der Waals surface area (Å²) in [7, 11) is 1.52. The second-order valence-electron chi connectivity index (χ2n) is 7.75. The second kappa shape index (κ2) is 8.62. The number of aromatic nitrogens is 6. The molecular weight excluding hydrogens is 442 g/mol. The van der Waals surface area contributed by atoms with Gasteiger partial charge in [0.25, 0.3) is 5.91 Å². The van der Waals surface area contributed by atoms with Gasteiger partial charge in [0.2, 0.25) is 0 Å². The first-order valence-corrected chi connectivity index (χ1v) is 11.3. The SMILES string of the molecule is COc1nccc(-c2cc(N3CCCC(NC(=O)c4cnc(C)s4)C3)c3c(N)ncnn23)n1. The molecule has 170 valence electrons. The fraction of sp³-hybridized carbons (Fsp3) is 0.333. The van der Waals surface area contributed by atoms with E-state index in [0.29, 0.717) is 28.5 Å². The lowest BCUT2D eigenvalue weighted by Crippen LogP contribution is -2.47. The summed E-state index contributed by atoms with van der Waals surface area (Å²) >= 11 is 1.39. The van der Waals surface area contributed by atoms with Gasteiger partial charge in [-0.25, -0.2) is 19.5 Å². The lowest BCUT2D eigenvalue weighted by atomic mass is 10.0. The number of fused-ring (bicyclic) bond motifs is 1. The van der Waals surface area contributed by atoms with E-state index < -0.39 is 0 Å². The number of rotatable bonds is 5. The van der Waals surface area contributed by atoms with Crippen LogP contribution < -0.4 is 20.7 Å². The number of hydrogen-bond acceptors (Lipinski definition) is 10. The third-order valence-corrected chi connectivity index (χ3v) is 6.49. The van der Waals surface area contributed by atoms with E-state index in [0.717, 1.165) is 35.8 Å². The number of methoxy groups -OCH3 is 1. The summed E-state index contributed by atoms with van der Waals surface area (Å²) < 4.78 is 6.92. The molecule has 5 rings (SSSR count). The van der Waals surface area contributed by atoms with Crippen LogP contribution in [-0.4, -0.2) is 61.7 Å². The number of aryl methyl sites for hydroxylation is 1. The maximum absolute atomic E-state index is 12.7. The van der Waals surface area contributed by atoms with Crippen LogP contribution in [0.25, 0.3) is 16.9 Å². The van der Waals surface area contributed by atoms with Crippen molar-refractivity contribution in [1.82, 2.24) is 34.9 Å².